The molecule has 0 saturated carbocycles. The number of furan rings is 1. The number of aliphatic hydroxyl groups is 1. The van der Waals surface area contributed by atoms with Crippen LogP contribution in [0, 0.1) is 16.9 Å². The molecule has 4 nitrogen and oxygen atoms in total. The van der Waals surface area contributed by atoms with Crippen LogP contribution in [0.25, 0.3) is 52.1 Å². The number of allylic oxidation sites excluding steroid dienone is 2. The monoisotopic (exact) mass is 749 g/mol. The van der Waals surface area contributed by atoms with Gasteiger partial charge in [0, 0.05) is 37.0 Å². The number of aliphatic hydroxyl groups excluding tert-OH is 1. The molecular weight excluding hydrogens is 718 g/mol. The third kappa shape index (κ3) is 5.37. The Bertz CT molecular complexity index is 1830. The van der Waals surface area contributed by atoms with Crippen LogP contribution >= 0.6 is 0 Å². The van der Waals surface area contributed by atoms with E-state index in [2.05, 4.69) is 54.6 Å². The first-order valence-electron chi connectivity index (χ1n) is 12.3. The molecule has 3 aromatic carbocycles. The SMILES string of the molecule is CC(C)(C)C(=O)/C=C(\O)C(C)(C)C.[Ir].[c-]1c2ccccc2cc2[se]c3cccc4oc5ccnc(c12)c5c43. The van der Waals surface area contributed by atoms with E-state index in [1.54, 1.807) is 0 Å². The third-order valence-corrected chi connectivity index (χ3v) is 8.67. The Morgan fingerprint density at radius 2 is 1.63 bits per heavy atom. The number of nitrogens with zero attached hydrogens (tertiary/aromatic N) is 1. The van der Waals surface area contributed by atoms with E-state index < -0.39 is 5.41 Å². The summed E-state index contributed by atoms with van der Waals surface area (Å²) < 4.78 is 8.76. The fourth-order valence-electron chi connectivity index (χ4n) is 4.08. The average Bonchev–Trinajstić information content (AvgIpc) is 3.16. The Hall–Kier alpha value is -2.75. The Morgan fingerprint density at radius 1 is 0.921 bits per heavy atom. The molecule has 1 radical (unpaired) electrons. The van der Waals surface area contributed by atoms with E-state index in [-0.39, 0.29) is 51.6 Å². The summed E-state index contributed by atoms with van der Waals surface area (Å²) in [6, 6.07) is 22.7. The number of aromatic nitrogens is 1. The molecule has 6 aromatic rings. The van der Waals surface area contributed by atoms with Crippen molar-refractivity contribution in [3.63, 3.8) is 0 Å². The summed E-state index contributed by atoms with van der Waals surface area (Å²) in [6.07, 6.45) is 3.17. The van der Waals surface area contributed by atoms with E-state index >= 15 is 0 Å². The fourth-order valence-corrected chi connectivity index (χ4v) is 6.44. The third-order valence-electron chi connectivity index (χ3n) is 6.36. The molecule has 3 aromatic heterocycles. The van der Waals surface area contributed by atoms with Gasteiger partial charge in [-0.1, -0.05) is 41.5 Å². The van der Waals surface area contributed by atoms with Crippen LogP contribution in [0.4, 0.5) is 0 Å². The first-order valence-corrected chi connectivity index (χ1v) is 14.0. The van der Waals surface area contributed by atoms with Crippen molar-refractivity contribution < 1.29 is 34.4 Å². The second kappa shape index (κ2) is 10.4. The van der Waals surface area contributed by atoms with Crippen LogP contribution in [0.2, 0.25) is 0 Å². The molecule has 0 amide bonds. The van der Waals surface area contributed by atoms with E-state index in [0.717, 1.165) is 32.8 Å². The van der Waals surface area contributed by atoms with Gasteiger partial charge in [-0.15, -0.1) is 0 Å². The number of carbonyl (C=O) groups is 1. The van der Waals surface area contributed by atoms with Gasteiger partial charge in [-0.25, -0.2) is 0 Å². The van der Waals surface area contributed by atoms with E-state index in [1.165, 1.54) is 25.4 Å². The number of fused-ring (bicyclic) bond motifs is 3. The second-order valence-corrected chi connectivity index (χ2v) is 13.6. The van der Waals surface area contributed by atoms with Crippen molar-refractivity contribution >= 4 is 72.4 Å². The Labute approximate surface area is 241 Å². The normalized spacial score (nSPS) is 12.6. The molecule has 0 unspecified atom stereocenters. The molecule has 0 fully saturated rings. The maximum absolute atomic E-state index is 11.5. The van der Waals surface area contributed by atoms with Crippen molar-refractivity contribution in [1.82, 2.24) is 4.98 Å². The second-order valence-electron chi connectivity index (χ2n) is 11.4. The first kappa shape index (κ1) is 28.3. The number of benzene rings is 3. The minimum atomic E-state index is -0.417. The van der Waals surface area contributed by atoms with Gasteiger partial charge >= 0.3 is 143 Å². The minimum absolute atomic E-state index is 0. The van der Waals surface area contributed by atoms with Crippen LogP contribution in [-0.2, 0) is 24.9 Å². The maximum atomic E-state index is 11.5. The van der Waals surface area contributed by atoms with Gasteiger partial charge < -0.3 is 5.11 Å². The van der Waals surface area contributed by atoms with Crippen molar-refractivity contribution in [3.8, 4) is 0 Å². The van der Waals surface area contributed by atoms with E-state index in [1.807, 2.05) is 53.8 Å². The molecule has 6 heteroatoms. The molecule has 0 saturated heterocycles. The first-order chi connectivity index (χ1) is 17.4. The summed E-state index contributed by atoms with van der Waals surface area (Å²) in [6.45, 7) is 11.1. The zero-order valence-electron chi connectivity index (χ0n) is 22.3. The molecule has 0 atom stereocenters. The summed E-state index contributed by atoms with van der Waals surface area (Å²) in [5.74, 6) is 0.104. The predicted octanol–water partition coefficient (Wildman–Crippen LogP) is 8.38. The van der Waals surface area contributed by atoms with Crippen molar-refractivity contribution in [2.24, 2.45) is 10.8 Å². The zero-order chi connectivity index (χ0) is 26.5. The molecule has 197 valence electrons. The average molecular weight is 748 g/mol. The van der Waals surface area contributed by atoms with Gasteiger partial charge in [0.25, 0.3) is 0 Å². The summed E-state index contributed by atoms with van der Waals surface area (Å²) in [5.41, 5.74) is 2.10. The van der Waals surface area contributed by atoms with Crippen LogP contribution in [0.1, 0.15) is 41.5 Å². The predicted molar refractivity (Wildman–Crippen MR) is 154 cm³/mol. The summed E-state index contributed by atoms with van der Waals surface area (Å²) in [4.78, 5) is 16.2. The van der Waals surface area contributed by atoms with Gasteiger partial charge in [-0.2, -0.15) is 0 Å². The standard InChI is InChI=1S/C21H10NOSe.C11H20O2.Ir/c1-2-5-13-11-18-14(10-12(13)4-1)21-20-16(8-9-22-21)23-15-6-3-7-17(24-18)19(15)20;1-10(2,3)8(12)7-9(13)11(4,5)6;/h1-9,11H;7,12H,1-6H3;/q-1;;/b;8-7-;. The molecule has 6 rings (SSSR count). The number of hydrogen-bond donors (Lipinski definition) is 1. The van der Waals surface area contributed by atoms with Crippen LogP contribution in [0.15, 0.2) is 77.0 Å². The Kier molecular flexibility index (Phi) is 7.76. The number of rotatable bonds is 1. The number of hydrogen-bond acceptors (Lipinski definition) is 4. The number of pyridine rings is 1. The molecule has 0 aliphatic carbocycles. The molecule has 1 N–H and O–H groups in total. The van der Waals surface area contributed by atoms with Gasteiger partial charge in [-0.05, 0) is 0 Å². The molecule has 0 aliphatic rings. The van der Waals surface area contributed by atoms with Crippen LogP contribution < -0.4 is 0 Å². The van der Waals surface area contributed by atoms with Crippen molar-refractivity contribution in [2.75, 3.05) is 0 Å². The van der Waals surface area contributed by atoms with Crippen molar-refractivity contribution in [1.29, 1.82) is 0 Å². The van der Waals surface area contributed by atoms with E-state index in [0.29, 0.717) is 0 Å². The van der Waals surface area contributed by atoms with Gasteiger partial charge in [-0.3, -0.25) is 4.79 Å². The van der Waals surface area contributed by atoms with Crippen LogP contribution in [-0.4, -0.2) is 30.4 Å². The molecule has 0 spiro atoms. The van der Waals surface area contributed by atoms with Crippen molar-refractivity contribution in [2.45, 2.75) is 41.5 Å². The number of carbonyl (C=O) groups excluding carboxylic acids is 1. The fraction of sp³-hybridized carbons (Fsp3) is 0.250. The molecular formula is C32H30IrNO3Se-. The van der Waals surface area contributed by atoms with Gasteiger partial charge in [0.15, 0.2) is 5.78 Å². The van der Waals surface area contributed by atoms with Crippen LogP contribution in [0.3, 0.4) is 0 Å². The van der Waals surface area contributed by atoms with Gasteiger partial charge in [0.1, 0.15) is 5.76 Å². The molecule has 38 heavy (non-hydrogen) atoms. The summed E-state index contributed by atoms with van der Waals surface area (Å²) in [5, 5.41) is 15.4. The number of ketones is 1. The van der Waals surface area contributed by atoms with E-state index in [4.69, 9.17) is 9.40 Å². The molecule has 0 aliphatic heterocycles. The quantitative estimate of drug-likeness (QED) is 0.0795. The zero-order valence-corrected chi connectivity index (χ0v) is 26.4. The van der Waals surface area contributed by atoms with Gasteiger partial charge in [0.2, 0.25) is 0 Å². The van der Waals surface area contributed by atoms with Crippen molar-refractivity contribution in [3.05, 3.63) is 78.7 Å². The van der Waals surface area contributed by atoms with E-state index in [9.17, 15) is 9.90 Å². The molecule has 3 heterocycles. The molecule has 0 bridgehead atoms. The van der Waals surface area contributed by atoms with Crippen LogP contribution in [0.5, 0.6) is 0 Å². The Balaban J connectivity index is 0.000000209. The Morgan fingerprint density at radius 3 is 2.34 bits per heavy atom. The summed E-state index contributed by atoms with van der Waals surface area (Å²) >= 11 is 0.201. The van der Waals surface area contributed by atoms with Gasteiger partial charge in [0.05, 0.1) is 0 Å². The topological polar surface area (TPSA) is 63.3 Å². The summed E-state index contributed by atoms with van der Waals surface area (Å²) in [7, 11) is 0.